The summed E-state index contributed by atoms with van der Waals surface area (Å²) in [4.78, 5) is 11.4. The number of pyridine rings is 1. The van der Waals surface area contributed by atoms with Crippen LogP contribution in [0.15, 0.2) is 23.3 Å². The van der Waals surface area contributed by atoms with Crippen molar-refractivity contribution in [2.75, 3.05) is 26.2 Å². The zero-order chi connectivity index (χ0) is 16.0. The summed E-state index contributed by atoms with van der Waals surface area (Å²) in [6.07, 6.45) is 2.96. The van der Waals surface area contributed by atoms with Crippen molar-refractivity contribution in [2.45, 2.75) is 40.7 Å². The summed E-state index contributed by atoms with van der Waals surface area (Å²) in [5, 5.41) is 3.40. The molecule has 2 rings (SSSR count). The van der Waals surface area contributed by atoms with Crippen molar-refractivity contribution < 1.29 is 4.74 Å². The van der Waals surface area contributed by atoms with Crippen molar-refractivity contribution in [1.29, 1.82) is 0 Å². The SMILES string of the molecule is CCNC(=NCc1cccnc1OCC)N1CCC(C)(C)C1. The molecule has 122 valence electrons. The first-order valence-electron chi connectivity index (χ1n) is 8.15. The van der Waals surface area contributed by atoms with Crippen LogP contribution in [-0.4, -0.2) is 42.1 Å². The number of rotatable bonds is 5. The Labute approximate surface area is 133 Å². The minimum atomic E-state index is 0.362. The van der Waals surface area contributed by atoms with E-state index < -0.39 is 0 Å². The van der Waals surface area contributed by atoms with E-state index in [2.05, 4.69) is 36.0 Å². The molecule has 0 saturated carbocycles. The van der Waals surface area contributed by atoms with Gasteiger partial charge in [0, 0.05) is 31.4 Å². The Balaban J connectivity index is 2.11. The van der Waals surface area contributed by atoms with Gasteiger partial charge in [0.25, 0.3) is 0 Å². The summed E-state index contributed by atoms with van der Waals surface area (Å²) >= 11 is 0. The van der Waals surface area contributed by atoms with Gasteiger partial charge in [0.05, 0.1) is 13.2 Å². The van der Waals surface area contributed by atoms with Gasteiger partial charge in [0.2, 0.25) is 5.88 Å². The number of guanidine groups is 1. The summed E-state index contributed by atoms with van der Waals surface area (Å²) in [6, 6.07) is 3.96. The summed E-state index contributed by atoms with van der Waals surface area (Å²) in [7, 11) is 0. The van der Waals surface area contributed by atoms with E-state index in [1.165, 1.54) is 6.42 Å². The van der Waals surface area contributed by atoms with E-state index in [1.807, 2.05) is 19.1 Å². The normalized spacial score (nSPS) is 17.6. The molecular formula is C17H28N4O. The van der Waals surface area contributed by atoms with Crippen LogP contribution in [0.2, 0.25) is 0 Å². The number of aliphatic imine (C=N–C) groups is 1. The molecule has 0 amide bonds. The predicted molar refractivity (Wildman–Crippen MR) is 90.2 cm³/mol. The van der Waals surface area contributed by atoms with Gasteiger partial charge in [-0.25, -0.2) is 9.98 Å². The third-order valence-corrected chi connectivity index (χ3v) is 3.84. The maximum absolute atomic E-state index is 5.57. The second-order valence-corrected chi connectivity index (χ2v) is 6.41. The molecule has 1 N–H and O–H groups in total. The van der Waals surface area contributed by atoms with E-state index in [0.717, 1.165) is 31.2 Å². The lowest BCUT2D eigenvalue weighted by atomic mass is 9.93. The molecule has 0 spiro atoms. The van der Waals surface area contributed by atoms with Crippen molar-refractivity contribution in [3.05, 3.63) is 23.9 Å². The van der Waals surface area contributed by atoms with Gasteiger partial charge in [-0.3, -0.25) is 0 Å². The Morgan fingerprint density at radius 3 is 2.91 bits per heavy atom. The van der Waals surface area contributed by atoms with Crippen LogP contribution in [0.5, 0.6) is 5.88 Å². The van der Waals surface area contributed by atoms with Crippen molar-refractivity contribution in [2.24, 2.45) is 10.4 Å². The molecule has 1 aliphatic heterocycles. The van der Waals surface area contributed by atoms with E-state index >= 15 is 0 Å². The molecule has 1 aromatic heterocycles. The Bertz CT molecular complexity index is 513. The van der Waals surface area contributed by atoms with Gasteiger partial charge in [-0.2, -0.15) is 0 Å². The van der Waals surface area contributed by atoms with E-state index in [4.69, 9.17) is 9.73 Å². The van der Waals surface area contributed by atoms with Crippen LogP contribution >= 0.6 is 0 Å². The molecule has 0 radical (unpaired) electrons. The fraction of sp³-hybridized carbons (Fsp3) is 0.647. The van der Waals surface area contributed by atoms with Gasteiger partial charge in [-0.15, -0.1) is 0 Å². The fourth-order valence-corrected chi connectivity index (χ4v) is 2.69. The first-order chi connectivity index (χ1) is 10.6. The molecule has 1 saturated heterocycles. The first kappa shape index (κ1) is 16.6. The van der Waals surface area contributed by atoms with Crippen LogP contribution in [-0.2, 0) is 6.54 Å². The van der Waals surface area contributed by atoms with E-state index in [9.17, 15) is 0 Å². The highest BCUT2D eigenvalue weighted by atomic mass is 16.5. The summed E-state index contributed by atoms with van der Waals surface area (Å²) in [5.74, 6) is 1.67. The number of likely N-dealkylation sites (tertiary alicyclic amines) is 1. The molecule has 5 nitrogen and oxygen atoms in total. The number of hydrogen-bond acceptors (Lipinski definition) is 3. The molecule has 0 unspecified atom stereocenters. The minimum Gasteiger partial charge on any atom is -0.478 e. The number of aromatic nitrogens is 1. The van der Waals surface area contributed by atoms with Gasteiger partial charge in [-0.1, -0.05) is 19.9 Å². The standard InChI is InChI=1S/C17H28N4O/c1-5-18-16(21-11-9-17(3,4)13-21)20-12-14-8-7-10-19-15(14)22-6-2/h7-8,10H,5-6,9,11-13H2,1-4H3,(H,18,20). The summed E-state index contributed by atoms with van der Waals surface area (Å²) in [5.41, 5.74) is 1.39. The highest BCUT2D eigenvalue weighted by molar-refractivity contribution is 5.80. The van der Waals surface area contributed by atoms with Gasteiger partial charge < -0.3 is 15.0 Å². The van der Waals surface area contributed by atoms with E-state index in [1.54, 1.807) is 6.20 Å². The fourth-order valence-electron chi connectivity index (χ4n) is 2.69. The van der Waals surface area contributed by atoms with Gasteiger partial charge in [0.15, 0.2) is 5.96 Å². The number of nitrogens with zero attached hydrogens (tertiary/aromatic N) is 3. The molecule has 1 fully saturated rings. The second kappa shape index (κ2) is 7.47. The Morgan fingerprint density at radius 1 is 1.45 bits per heavy atom. The third-order valence-electron chi connectivity index (χ3n) is 3.84. The van der Waals surface area contributed by atoms with Crippen molar-refractivity contribution in [3.8, 4) is 5.88 Å². The van der Waals surface area contributed by atoms with Gasteiger partial charge >= 0.3 is 0 Å². The van der Waals surface area contributed by atoms with Crippen LogP contribution in [0.4, 0.5) is 0 Å². The van der Waals surface area contributed by atoms with Crippen LogP contribution in [0.3, 0.4) is 0 Å². The van der Waals surface area contributed by atoms with Crippen LogP contribution in [0, 0.1) is 5.41 Å². The topological polar surface area (TPSA) is 49.8 Å². The Kier molecular flexibility index (Phi) is 5.63. The minimum absolute atomic E-state index is 0.362. The molecule has 0 bridgehead atoms. The average molecular weight is 304 g/mol. The molecular weight excluding hydrogens is 276 g/mol. The molecule has 5 heteroatoms. The quantitative estimate of drug-likeness (QED) is 0.671. The lowest BCUT2D eigenvalue weighted by Gasteiger charge is -2.23. The largest absolute Gasteiger partial charge is 0.478 e. The Hall–Kier alpha value is -1.78. The molecule has 0 aliphatic carbocycles. The number of nitrogens with one attached hydrogen (secondary N) is 1. The maximum Gasteiger partial charge on any atom is 0.218 e. The molecule has 0 atom stereocenters. The summed E-state index contributed by atoms with van der Waals surface area (Å²) in [6.45, 7) is 12.9. The lowest BCUT2D eigenvalue weighted by Crippen LogP contribution is -2.40. The first-order valence-corrected chi connectivity index (χ1v) is 8.15. The second-order valence-electron chi connectivity index (χ2n) is 6.41. The Morgan fingerprint density at radius 2 is 2.27 bits per heavy atom. The molecule has 22 heavy (non-hydrogen) atoms. The van der Waals surface area contributed by atoms with Crippen LogP contribution in [0.25, 0.3) is 0 Å². The molecule has 1 aliphatic rings. The zero-order valence-corrected chi connectivity index (χ0v) is 14.2. The van der Waals surface area contributed by atoms with Crippen LogP contribution < -0.4 is 10.1 Å². The van der Waals surface area contributed by atoms with E-state index in [-0.39, 0.29) is 0 Å². The van der Waals surface area contributed by atoms with Gasteiger partial charge in [-0.05, 0) is 31.7 Å². The van der Waals surface area contributed by atoms with Crippen LogP contribution in [0.1, 0.15) is 39.7 Å². The highest BCUT2D eigenvalue weighted by Gasteiger charge is 2.30. The van der Waals surface area contributed by atoms with Gasteiger partial charge in [0.1, 0.15) is 0 Å². The smallest absolute Gasteiger partial charge is 0.218 e. The summed E-state index contributed by atoms with van der Waals surface area (Å²) < 4.78 is 5.57. The number of ether oxygens (including phenoxy) is 1. The number of hydrogen-bond donors (Lipinski definition) is 1. The van der Waals surface area contributed by atoms with E-state index in [0.29, 0.717) is 24.4 Å². The lowest BCUT2D eigenvalue weighted by molar-refractivity contribution is 0.323. The molecule has 0 aromatic carbocycles. The molecule has 1 aromatic rings. The predicted octanol–water partition coefficient (Wildman–Crippen LogP) is 2.68. The third kappa shape index (κ3) is 4.36. The monoisotopic (exact) mass is 304 g/mol. The van der Waals surface area contributed by atoms with Crippen molar-refractivity contribution >= 4 is 5.96 Å². The van der Waals surface area contributed by atoms with Crippen molar-refractivity contribution in [3.63, 3.8) is 0 Å². The maximum atomic E-state index is 5.57. The highest BCUT2D eigenvalue weighted by Crippen LogP contribution is 2.28. The average Bonchev–Trinajstić information content (AvgIpc) is 2.85. The van der Waals surface area contributed by atoms with Crippen molar-refractivity contribution in [1.82, 2.24) is 15.2 Å². The zero-order valence-electron chi connectivity index (χ0n) is 14.2. The molecule has 2 heterocycles.